The lowest BCUT2D eigenvalue weighted by molar-refractivity contribution is -0.182. The fourth-order valence-electron chi connectivity index (χ4n) is 5.12. The Morgan fingerprint density at radius 3 is 2.74 bits per heavy atom. The predicted octanol–water partition coefficient (Wildman–Crippen LogP) is 5.24. The van der Waals surface area contributed by atoms with Gasteiger partial charge in [0.05, 0.1) is 17.1 Å². The average Bonchev–Trinajstić information content (AvgIpc) is 3.42. The van der Waals surface area contributed by atoms with Gasteiger partial charge in [-0.3, -0.25) is 4.90 Å². The van der Waals surface area contributed by atoms with Gasteiger partial charge in [0.15, 0.2) is 0 Å². The molecule has 2 aromatic heterocycles. The Morgan fingerprint density at radius 2 is 2.03 bits per heavy atom. The van der Waals surface area contributed by atoms with Crippen LogP contribution in [-0.4, -0.2) is 48.5 Å². The number of hydrogen-bond acceptors (Lipinski definition) is 6. The number of benzene rings is 1. The number of hydrogen-bond donors (Lipinski definition) is 1. The third-order valence-electron chi connectivity index (χ3n) is 7.00. The number of nitrogens with zero attached hydrogens (tertiary/aromatic N) is 3. The Balaban J connectivity index is 1.34. The van der Waals surface area contributed by atoms with Gasteiger partial charge in [-0.25, -0.2) is 4.68 Å². The maximum absolute atomic E-state index is 14.4. The van der Waals surface area contributed by atoms with Gasteiger partial charge < -0.3 is 14.8 Å². The van der Waals surface area contributed by atoms with Crippen molar-refractivity contribution in [3.8, 4) is 11.4 Å². The maximum atomic E-state index is 14.4. The van der Waals surface area contributed by atoms with Gasteiger partial charge in [0.25, 0.3) is 5.92 Å². The molecule has 3 aromatic rings. The summed E-state index contributed by atoms with van der Waals surface area (Å²) >= 11 is 7.36. The number of aryl methyl sites for hydroxylation is 1. The van der Waals surface area contributed by atoms with Crippen molar-refractivity contribution in [1.29, 1.82) is 0 Å². The number of methoxy groups -OCH3 is 1. The lowest BCUT2D eigenvalue weighted by atomic mass is 9.84. The SMILES string of the molecule is CNCc1cccc(OC)c1-n1cc(CN2CCC3(CC2)OCC(F)(F)c2cc(Cl)sc23)c(C)n1. The van der Waals surface area contributed by atoms with Gasteiger partial charge in [-0.05, 0) is 44.5 Å². The average molecular weight is 523 g/mol. The fraction of sp³-hybridized carbons (Fsp3) is 0.480. The summed E-state index contributed by atoms with van der Waals surface area (Å²) in [6, 6.07) is 7.39. The monoisotopic (exact) mass is 522 g/mol. The van der Waals surface area contributed by atoms with E-state index in [1.54, 1.807) is 7.11 Å². The second-order valence-corrected chi connectivity index (χ2v) is 10.9. The van der Waals surface area contributed by atoms with Gasteiger partial charge in [0.2, 0.25) is 0 Å². The van der Waals surface area contributed by atoms with Crippen LogP contribution in [0.2, 0.25) is 4.34 Å². The third-order valence-corrected chi connectivity index (χ3v) is 8.45. The van der Waals surface area contributed by atoms with Gasteiger partial charge in [0.1, 0.15) is 23.6 Å². The molecule has 4 heterocycles. The van der Waals surface area contributed by atoms with Gasteiger partial charge in [0, 0.05) is 48.4 Å². The molecule has 5 rings (SSSR count). The minimum atomic E-state index is -2.99. The molecule has 2 aliphatic rings. The highest BCUT2D eigenvalue weighted by Crippen LogP contribution is 2.52. The number of nitrogens with one attached hydrogen (secondary N) is 1. The van der Waals surface area contributed by atoms with E-state index in [4.69, 9.17) is 26.2 Å². The summed E-state index contributed by atoms with van der Waals surface area (Å²) in [5.74, 6) is -2.22. The number of fused-ring (bicyclic) bond motifs is 2. The maximum Gasteiger partial charge on any atom is 0.297 e. The van der Waals surface area contributed by atoms with Crippen molar-refractivity contribution in [3.63, 3.8) is 0 Å². The summed E-state index contributed by atoms with van der Waals surface area (Å²) in [5.41, 5.74) is 3.46. The van der Waals surface area contributed by atoms with E-state index in [1.807, 2.05) is 30.8 Å². The van der Waals surface area contributed by atoms with E-state index >= 15 is 0 Å². The highest BCUT2D eigenvalue weighted by molar-refractivity contribution is 7.16. The number of ether oxygens (including phenoxy) is 2. The number of piperidine rings is 1. The molecule has 1 N–H and O–H groups in total. The normalized spacial score (nSPS) is 19.1. The van der Waals surface area contributed by atoms with Crippen molar-refractivity contribution in [2.24, 2.45) is 0 Å². The molecule has 0 bridgehead atoms. The molecule has 0 unspecified atom stereocenters. The number of para-hydroxylation sites is 1. The summed E-state index contributed by atoms with van der Waals surface area (Å²) in [6.07, 6.45) is 3.36. The van der Waals surface area contributed by atoms with Crippen molar-refractivity contribution >= 4 is 22.9 Å². The summed E-state index contributed by atoms with van der Waals surface area (Å²) in [4.78, 5) is 2.93. The van der Waals surface area contributed by atoms with E-state index < -0.39 is 18.1 Å². The number of aromatic nitrogens is 2. The molecule has 10 heteroatoms. The molecule has 1 saturated heterocycles. The Bertz CT molecular complexity index is 1220. The zero-order chi connectivity index (χ0) is 24.8. The van der Waals surface area contributed by atoms with Gasteiger partial charge in [-0.1, -0.05) is 23.7 Å². The Morgan fingerprint density at radius 1 is 1.26 bits per heavy atom. The lowest BCUT2D eigenvalue weighted by Gasteiger charge is -2.45. The molecule has 2 aliphatic heterocycles. The molecular weight excluding hydrogens is 494 g/mol. The van der Waals surface area contributed by atoms with Crippen LogP contribution >= 0.6 is 22.9 Å². The van der Waals surface area contributed by atoms with Crippen molar-refractivity contribution in [3.05, 3.63) is 62.1 Å². The van der Waals surface area contributed by atoms with Crippen molar-refractivity contribution < 1.29 is 18.3 Å². The zero-order valence-corrected chi connectivity index (χ0v) is 21.6. The van der Waals surface area contributed by atoms with Gasteiger partial charge in [-0.2, -0.15) is 13.9 Å². The summed E-state index contributed by atoms with van der Waals surface area (Å²) in [7, 11) is 3.58. The van der Waals surface area contributed by atoms with E-state index in [2.05, 4.69) is 22.5 Å². The molecule has 1 spiro atoms. The Hall–Kier alpha value is -2.04. The van der Waals surface area contributed by atoms with E-state index in [0.29, 0.717) is 28.6 Å². The standard InChI is InChI=1S/C25H29ClF2N4O2S/c1-16-18(14-32(30-16)22-17(12-29-2)5-4-6-20(22)33-3)13-31-9-7-24(8-10-31)23-19(11-21(26)35-23)25(27,28)15-34-24/h4-6,11,14,29H,7-10,12-13,15H2,1-3H3. The first-order valence-corrected chi connectivity index (χ1v) is 12.9. The molecule has 1 aromatic carbocycles. The van der Waals surface area contributed by atoms with Crippen LogP contribution in [0.1, 0.15) is 40.1 Å². The second-order valence-electron chi connectivity index (χ2n) is 9.24. The predicted molar refractivity (Wildman–Crippen MR) is 133 cm³/mol. The fourth-order valence-corrected chi connectivity index (χ4v) is 6.60. The second kappa shape index (κ2) is 9.44. The van der Waals surface area contributed by atoms with Crippen molar-refractivity contribution in [2.45, 2.75) is 44.4 Å². The smallest absolute Gasteiger partial charge is 0.297 e. The molecule has 0 saturated carbocycles. The molecule has 188 valence electrons. The number of likely N-dealkylation sites (tertiary alicyclic amines) is 1. The zero-order valence-electron chi connectivity index (χ0n) is 20.0. The number of thiophene rings is 1. The topological polar surface area (TPSA) is 51.5 Å². The van der Waals surface area contributed by atoms with Crippen LogP contribution in [0.25, 0.3) is 5.69 Å². The van der Waals surface area contributed by atoms with E-state index in [9.17, 15) is 8.78 Å². The Labute approximate surface area is 212 Å². The third kappa shape index (κ3) is 4.49. The molecule has 35 heavy (non-hydrogen) atoms. The van der Waals surface area contributed by atoms with Crippen LogP contribution in [0.5, 0.6) is 5.75 Å². The number of rotatable bonds is 6. The molecule has 0 amide bonds. The quantitative estimate of drug-likeness (QED) is 0.480. The molecule has 6 nitrogen and oxygen atoms in total. The van der Waals surface area contributed by atoms with E-state index in [-0.39, 0.29) is 5.56 Å². The number of halogens is 3. The first-order valence-electron chi connectivity index (χ1n) is 11.7. The Kier molecular flexibility index (Phi) is 6.65. The van der Waals surface area contributed by atoms with Gasteiger partial charge >= 0.3 is 0 Å². The van der Waals surface area contributed by atoms with E-state index in [0.717, 1.165) is 47.9 Å². The highest BCUT2D eigenvalue weighted by atomic mass is 35.5. The molecule has 1 fully saturated rings. The molecular formula is C25H29ClF2N4O2S. The van der Waals surface area contributed by atoms with Crippen LogP contribution in [0.15, 0.2) is 30.5 Å². The summed E-state index contributed by atoms with van der Waals surface area (Å²) in [6.45, 7) is 4.33. The molecule has 0 aliphatic carbocycles. The largest absolute Gasteiger partial charge is 0.494 e. The van der Waals surface area contributed by atoms with Crippen LogP contribution in [0.3, 0.4) is 0 Å². The minimum absolute atomic E-state index is 0.0403. The number of alkyl halides is 2. The highest BCUT2D eigenvalue weighted by Gasteiger charge is 2.51. The lowest BCUT2D eigenvalue weighted by Crippen LogP contribution is -2.48. The first kappa shape index (κ1) is 24.6. The summed E-state index contributed by atoms with van der Waals surface area (Å²) in [5, 5.41) is 7.99. The van der Waals surface area contributed by atoms with Crippen LogP contribution in [0, 0.1) is 6.92 Å². The minimum Gasteiger partial charge on any atom is -0.494 e. The van der Waals surface area contributed by atoms with E-state index in [1.165, 1.54) is 17.4 Å². The van der Waals surface area contributed by atoms with Gasteiger partial charge in [-0.15, -0.1) is 11.3 Å². The summed E-state index contributed by atoms with van der Waals surface area (Å²) < 4.78 is 42.6. The first-order chi connectivity index (χ1) is 16.8. The van der Waals surface area contributed by atoms with Crippen molar-refractivity contribution in [1.82, 2.24) is 20.0 Å². The molecule has 0 atom stereocenters. The van der Waals surface area contributed by atoms with Crippen molar-refractivity contribution in [2.75, 3.05) is 33.9 Å². The molecule has 0 radical (unpaired) electrons. The van der Waals surface area contributed by atoms with Crippen LogP contribution in [-0.2, 0) is 29.3 Å². The van der Waals surface area contributed by atoms with Crippen LogP contribution < -0.4 is 10.1 Å². The van der Waals surface area contributed by atoms with Crippen LogP contribution in [0.4, 0.5) is 8.78 Å².